The van der Waals surface area contributed by atoms with Crippen LogP contribution in [0, 0.1) is 0 Å². The molecule has 0 aliphatic heterocycles. The molecule has 6 rings (SSSR count). The van der Waals surface area contributed by atoms with E-state index in [0.717, 1.165) is 0 Å². The molecule has 0 fully saturated rings. The van der Waals surface area contributed by atoms with Crippen molar-refractivity contribution in [3.05, 3.63) is 110 Å². The van der Waals surface area contributed by atoms with Gasteiger partial charge in [0.05, 0.1) is 0 Å². The van der Waals surface area contributed by atoms with E-state index in [9.17, 15) is 0 Å². The summed E-state index contributed by atoms with van der Waals surface area (Å²) in [4.78, 5) is 9.36. The van der Waals surface area contributed by atoms with Crippen LogP contribution in [0.5, 0.6) is 0 Å². The van der Waals surface area contributed by atoms with E-state index in [-0.39, 0.29) is 72.6 Å². The molecule has 6 aromatic rings. The van der Waals surface area contributed by atoms with Gasteiger partial charge in [0.2, 0.25) is 0 Å². The number of benzene rings is 3. The Kier molecular flexibility index (Phi) is 12.3. The van der Waals surface area contributed by atoms with Crippen LogP contribution in [0.4, 0.5) is 0 Å². The van der Waals surface area contributed by atoms with Crippen molar-refractivity contribution in [3.8, 4) is 0 Å². The van der Waals surface area contributed by atoms with Crippen LogP contribution in [-0.4, -0.2) is 15.0 Å². The van der Waals surface area contributed by atoms with Gasteiger partial charge in [-0.2, -0.15) is 0 Å². The summed E-state index contributed by atoms with van der Waals surface area (Å²) >= 11 is 0. The van der Waals surface area contributed by atoms with E-state index in [0.29, 0.717) is 0 Å². The molecule has 0 atom stereocenters. The first-order chi connectivity index (χ1) is 13.4. The van der Waals surface area contributed by atoms with Crippen LogP contribution in [0.15, 0.2) is 110 Å². The number of nitrogens with one attached hydrogen (secondary N) is 3. The van der Waals surface area contributed by atoms with E-state index in [1.165, 1.54) is 32.7 Å². The summed E-state index contributed by atoms with van der Waals surface area (Å²) in [5, 5.41) is 3.83. The largest absolute Gasteiger partial charge is 2.00 e. The van der Waals surface area contributed by atoms with Crippen molar-refractivity contribution in [2.75, 3.05) is 0 Å². The summed E-state index contributed by atoms with van der Waals surface area (Å²) in [5.74, 6) is 0. The summed E-state index contributed by atoms with van der Waals surface area (Å²) in [7, 11) is 0. The number of para-hydroxylation sites is 3. The van der Waals surface area contributed by atoms with Crippen molar-refractivity contribution < 1.29 is 59.1 Å². The van der Waals surface area contributed by atoms with Gasteiger partial charge in [0.25, 0.3) is 0 Å². The maximum absolute atomic E-state index is 3.12. The Bertz CT molecular complexity index is 1010. The van der Waals surface area contributed by atoms with E-state index in [4.69, 9.17) is 0 Å². The second-order valence-electron chi connectivity index (χ2n) is 6.19. The molecular weight excluding hydrogens is 408 g/mol. The topological polar surface area (TPSA) is 47.4 Å². The number of aromatic amines is 3. The smallest absolute Gasteiger partial charge is 1.00 e. The van der Waals surface area contributed by atoms with E-state index >= 15 is 0 Å². The number of hydrogen-bond donors (Lipinski definition) is 3. The molecule has 6 heteroatoms. The first-order valence-electron chi connectivity index (χ1n) is 8.96. The standard InChI is InChI=1S/3C8H7N.2Na.S/c3*1-2-4-8-7(3-1)5-6-9-8;;;/h3*1-6,9H;;;/q;;;2*+1;-2. The van der Waals surface area contributed by atoms with Crippen molar-refractivity contribution in [3.63, 3.8) is 0 Å². The van der Waals surface area contributed by atoms with E-state index in [1.54, 1.807) is 0 Å². The average Bonchev–Trinajstić information content (AvgIpc) is 3.48. The van der Waals surface area contributed by atoms with Gasteiger partial charge in [0, 0.05) is 35.1 Å². The summed E-state index contributed by atoms with van der Waals surface area (Å²) in [5.41, 5.74) is 3.62. The van der Waals surface area contributed by atoms with Gasteiger partial charge in [-0.3, -0.25) is 0 Å². The molecule has 0 bridgehead atoms. The molecular formula is C24H21N3Na2S. The molecule has 0 aliphatic rings. The summed E-state index contributed by atoms with van der Waals surface area (Å²) in [6, 6.07) is 30.8. The van der Waals surface area contributed by atoms with Gasteiger partial charge in [0.15, 0.2) is 0 Å². The Morgan fingerprint density at radius 2 is 0.633 bits per heavy atom. The molecule has 3 heterocycles. The Morgan fingerprint density at radius 3 is 0.900 bits per heavy atom. The Balaban J connectivity index is 0.000000214. The SMILES string of the molecule is [Na+].[Na+].[S-2].c1ccc2[nH]ccc2c1.c1ccc2[nH]ccc2c1.c1ccc2[nH]ccc2c1. The zero-order valence-corrected chi connectivity index (χ0v) is 22.1. The molecule has 0 saturated heterocycles. The van der Waals surface area contributed by atoms with Crippen LogP contribution in [0.1, 0.15) is 0 Å². The molecule has 0 radical (unpaired) electrons. The van der Waals surface area contributed by atoms with E-state index < -0.39 is 0 Å². The number of hydrogen-bond acceptors (Lipinski definition) is 0. The molecule has 30 heavy (non-hydrogen) atoms. The third-order valence-corrected chi connectivity index (χ3v) is 4.39. The van der Waals surface area contributed by atoms with Gasteiger partial charge in [-0.15, -0.1) is 0 Å². The van der Waals surface area contributed by atoms with Crippen molar-refractivity contribution >= 4 is 46.2 Å². The molecule has 0 spiro atoms. The zero-order chi connectivity index (χ0) is 18.3. The predicted molar refractivity (Wildman–Crippen MR) is 122 cm³/mol. The molecule has 3 nitrogen and oxygen atoms in total. The second kappa shape index (κ2) is 13.8. The van der Waals surface area contributed by atoms with Crippen LogP contribution < -0.4 is 59.1 Å². The van der Waals surface area contributed by atoms with Gasteiger partial charge in [-0.1, -0.05) is 54.6 Å². The van der Waals surface area contributed by atoms with Gasteiger partial charge >= 0.3 is 59.1 Å². The molecule has 3 aromatic carbocycles. The fraction of sp³-hybridized carbons (Fsp3) is 0. The molecule has 0 unspecified atom stereocenters. The number of aromatic nitrogens is 3. The number of rotatable bonds is 0. The van der Waals surface area contributed by atoms with Crippen LogP contribution in [-0.2, 0) is 13.5 Å². The minimum Gasteiger partial charge on any atom is -2.00 e. The van der Waals surface area contributed by atoms with Gasteiger partial charge in [0.1, 0.15) is 0 Å². The zero-order valence-electron chi connectivity index (χ0n) is 17.3. The van der Waals surface area contributed by atoms with Gasteiger partial charge in [-0.25, -0.2) is 0 Å². The third kappa shape index (κ3) is 7.10. The minimum absolute atomic E-state index is 0. The fourth-order valence-corrected chi connectivity index (χ4v) is 2.99. The van der Waals surface area contributed by atoms with Crippen molar-refractivity contribution in [1.29, 1.82) is 0 Å². The molecule has 0 aliphatic carbocycles. The Labute approximate surface area is 227 Å². The normalized spacial score (nSPS) is 9.20. The third-order valence-electron chi connectivity index (χ3n) is 4.39. The number of H-pyrrole nitrogens is 3. The van der Waals surface area contributed by atoms with Crippen molar-refractivity contribution in [1.82, 2.24) is 15.0 Å². The van der Waals surface area contributed by atoms with Gasteiger partial charge < -0.3 is 28.4 Å². The molecule has 0 amide bonds. The summed E-state index contributed by atoms with van der Waals surface area (Å²) in [6.07, 6.45) is 5.85. The maximum Gasteiger partial charge on any atom is 1.00 e. The first-order valence-corrected chi connectivity index (χ1v) is 8.96. The first kappa shape index (κ1) is 26.7. The van der Waals surface area contributed by atoms with Crippen molar-refractivity contribution in [2.45, 2.75) is 0 Å². The number of fused-ring (bicyclic) bond motifs is 3. The summed E-state index contributed by atoms with van der Waals surface area (Å²) < 4.78 is 0. The maximum atomic E-state index is 3.12. The Morgan fingerprint density at radius 1 is 0.367 bits per heavy atom. The Hall–Kier alpha value is -1.37. The monoisotopic (exact) mass is 429 g/mol. The van der Waals surface area contributed by atoms with Crippen LogP contribution in [0.2, 0.25) is 0 Å². The average molecular weight is 430 g/mol. The molecule has 3 N–H and O–H groups in total. The van der Waals surface area contributed by atoms with E-state index in [1.807, 2.05) is 55.0 Å². The van der Waals surface area contributed by atoms with Gasteiger partial charge in [-0.05, 0) is 52.6 Å². The second-order valence-corrected chi connectivity index (χ2v) is 6.19. The fourth-order valence-electron chi connectivity index (χ4n) is 2.99. The van der Waals surface area contributed by atoms with Crippen molar-refractivity contribution in [2.24, 2.45) is 0 Å². The predicted octanol–water partition coefficient (Wildman–Crippen LogP) is 0.509. The minimum atomic E-state index is 0. The quantitative estimate of drug-likeness (QED) is 0.295. The van der Waals surface area contributed by atoms with Crippen LogP contribution in [0.25, 0.3) is 32.7 Å². The van der Waals surface area contributed by atoms with E-state index in [2.05, 4.69) is 69.5 Å². The van der Waals surface area contributed by atoms with Crippen LogP contribution >= 0.6 is 0 Å². The van der Waals surface area contributed by atoms with Crippen LogP contribution in [0.3, 0.4) is 0 Å². The molecule has 3 aromatic heterocycles. The molecule has 140 valence electrons. The summed E-state index contributed by atoms with van der Waals surface area (Å²) in [6.45, 7) is 0. The molecule has 0 saturated carbocycles.